The fourth-order valence-electron chi connectivity index (χ4n) is 2.38. The molecule has 1 aromatic carbocycles. The van der Waals surface area contributed by atoms with Crippen molar-refractivity contribution in [2.24, 2.45) is 0 Å². The SMILES string of the molecule is CNC(=O)c1cccc(Cn2cc(CCCO)c(C(F)(F)F)n2)c1. The Hall–Kier alpha value is -2.35. The van der Waals surface area contributed by atoms with Crippen LogP contribution in [-0.4, -0.2) is 34.4 Å². The van der Waals surface area contributed by atoms with Crippen LogP contribution in [-0.2, 0) is 19.1 Å². The van der Waals surface area contributed by atoms with Gasteiger partial charge in [-0.1, -0.05) is 12.1 Å². The maximum Gasteiger partial charge on any atom is 0.435 e. The van der Waals surface area contributed by atoms with Crippen molar-refractivity contribution >= 4 is 5.91 Å². The van der Waals surface area contributed by atoms with Gasteiger partial charge in [-0.25, -0.2) is 0 Å². The van der Waals surface area contributed by atoms with Crippen LogP contribution >= 0.6 is 0 Å². The van der Waals surface area contributed by atoms with Gasteiger partial charge < -0.3 is 10.4 Å². The molecule has 0 atom stereocenters. The molecule has 0 saturated heterocycles. The second-order valence-electron chi connectivity index (χ2n) is 5.30. The molecule has 0 spiro atoms. The lowest BCUT2D eigenvalue weighted by Gasteiger charge is -2.06. The molecule has 0 bridgehead atoms. The van der Waals surface area contributed by atoms with Gasteiger partial charge in [0, 0.05) is 31.0 Å². The zero-order chi connectivity index (χ0) is 17.7. The van der Waals surface area contributed by atoms with Crippen LogP contribution in [0.3, 0.4) is 0 Å². The van der Waals surface area contributed by atoms with Crippen molar-refractivity contribution in [1.29, 1.82) is 0 Å². The fraction of sp³-hybridized carbons (Fsp3) is 0.375. The van der Waals surface area contributed by atoms with Crippen LogP contribution in [0.2, 0.25) is 0 Å². The van der Waals surface area contributed by atoms with E-state index in [4.69, 9.17) is 5.11 Å². The number of aryl methyl sites for hydroxylation is 1. The molecule has 1 heterocycles. The highest BCUT2D eigenvalue weighted by molar-refractivity contribution is 5.94. The predicted octanol–water partition coefficient (Wildman–Crippen LogP) is 2.23. The van der Waals surface area contributed by atoms with E-state index in [1.165, 1.54) is 17.9 Å². The Kier molecular flexibility index (Phi) is 5.61. The van der Waals surface area contributed by atoms with E-state index < -0.39 is 11.9 Å². The van der Waals surface area contributed by atoms with Gasteiger partial charge >= 0.3 is 6.18 Å². The van der Waals surface area contributed by atoms with Crippen molar-refractivity contribution < 1.29 is 23.1 Å². The van der Waals surface area contributed by atoms with Gasteiger partial charge in [0.2, 0.25) is 0 Å². The normalized spacial score (nSPS) is 11.5. The molecule has 2 N–H and O–H groups in total. The molecule has 130 valence electrons. The topological polar surface area (TPSA) is 67.2 Å². The molecule has 2 rings (SSSR count). The van der Waals surface area contributed by atoms with Crippen LogP contribution in [0.15, 0.2) is 30.5 Å². The van der Waals surface area contributed by atoms with E-state index in [0.717, 1.165) is 0 Å². The standard InChI is InChI=1S/C16H18F3N3O2/c1-20-15(24)12-5-2-4-11(8-12)9-22-10-13(6-3-7-23)14(21-22)16(17,18)19/h2,4-5,8,10,23H,3,6-7,9H2,1H3,(H,20,24). The molecule has 1 amide bonds. The van der Waals surface area contributed by atoms with Gasteiger partial charge in [0.05, 0.1) is 6.54 Å². The van der Waals surface area contributed by atoms with Gasteiger partial charge in [-0.05, 0) is 30.5 Å². The Morgan fingerprint density at radius 3 is 2.75 bits per heavy atom. The first kappa shape index (κ1) is 18.0. The van der Waals surface area contributed by atoms with Crippen LogP contribution in [0.1, 0.15) is 33.6 Å². The summed E-state index contributed by atoms with van der Waals surface area (Å²) in [5, 5.41) is 15.0. The smallest absolute Gasteiger partial charge is 0.396 e. The molecule has 5 nitrogen and oxygen atoms in total. The summed E-state index contributed by atoms with van der Waals surface area (Å²) >= 11 is 0. The molecule has 0 fully saturated rings. The second-order valence-corrected chi connectivity index (χ2v) is 5.30. The van der Waals surface area contributed by atoms with Crippen LogP contribution in [0.25, 0.3) is 0 Å². The summed E-state index contributed by atoms with van der Waals surface area (Å²) in [6.45, 7) is -0.0658. The highest BCUT2D eigenvalue weighted by Gasteiger charge is 2.36. The summed E-state index contributed by atoms with van der Waals surface area (Å²) in [6.07, 6.45) is -2.87. The molecular weight excluding hydrogens is 323 g/mol. The number of aliphatic hydroxyl groups excluding tert-OH is 1. The minimum Gasteiger partial charge on any atom is -0.396 e. The monoisotopic (exact) mass is 341 g/mol. The highest BCUT2D eigenvalue weighted by atomic mass is 19.4. The molecule has 0 aliphatic rings. The Morgan fingerprint density at radius 1 is 1.38 bits per heavy atom. The average Bonchev–Trinajstić information content (AvgIpc) is 2.95. The number of nitrogens with zero attached hydrogens (tertiary/aromatic N) is 2. The van der Waals surface area contributed by atoms with E-state index in [1.54, 1.807) is 24.3 Å². The third-order valence-corrected chi connectivity index (χ3v) is 3.47. The molecule has 0 aliphatic heterocycles. The van der Waals surface area contributed by atoms with Gasteiger partial charge in [0.1, 0.15) is 0 Å². The van der Waals surface area contributed by atoms with Crippen molar-refractivity contribution in [2.75, 3.05) is 13.7 Å². The number of amides is 1. The second kappa shape index (κ2) is 7.48. The number of hydrogen-bond acceptors (Lipinski definition) is 3. The van der Waals surface area contributed by atoms with Crippen LogP contribution in [0, 0.1) is 0 Å². The first-order chi connectivity index (χ1) is 11.3. The largest absolute Gasteiger partial charge is 0.435 e. The van der Waals surface area contributed by atoms with E-state index >= 15 is 0 Å². The Labute approximate surface area is 137 Å². The number of aromatic nitrogens is 2. The third-order valence-electron chi connectivity index (χ3n) is 3.47. The quantitative estimate of drug-likeness (QED) is 0.847. The molecule has 8 heteroatoms. The minimum atomic E-state index is -4.54. The van der Waals surface area contributed by atoms with E-state index in [9.17, 15) is 18.0 Å². The first-order valence-electron chi connectivity index (χ1n) is 7.40. The summed E-state index contributed by atoms with van der Waals surface area (Å²) in [7, 11) is 1.51. The maximum atomic E-state index is 13.1. The number of halogens is 3. The summed E-state index contributed by atoms with van der Waals surface area (Å²) < 4.78 is 40.4. The van der Waals surface area contributed by atoms with E-state index in [2.05, 4.69) is 10.4 Å². The van der Waals surface area contributed by atoms with E-state index in [0.29, 0.717) is 11.1 Å². The Bertz CT molecular complexity index is 711. The molecule has 0 saturated carbocycles. The van der Waals surface area contributed by atoms with Crippen LogP contribution in [0.4, 0.5) is 13.2 Å². The lowest BCUT2D eigenvalue weighted by Crippen LogP contribution is -2.18. The molecule has 2 aromatic rings. The Morgan fingerprint density at radius 2 is 2.12 bits per heavy atom. The summed E-state index contributed by atoms with van der Waals surface area (Å²) in [4.78, 5) is 11.6. The van der Waals surface area contributed by atoms with Crippen molar-refractivity contribution in [1.82, 2.24) is 15.1 Å². The van der Waals surface area contributed by atoms with Crippen molar-refractivity contribution in [3.63, 3.8) is 0 Å². The van der Waals surface area contributed by atoms with Crippen molar-refractivity contribution in [3.05, 3.63) is 52.8 Å². The van der Waals surface area contributed by atoms with Gasteiger partial charge in [-0.3, -0.25) is 9.48 Å². The highest BCUT2D eigenvalue weighted by Crippen LogP contribution is 2.31. The summed E-state index contributed by atoms with van der Waals surface area (Å²) in [5.41, 5.74) is 0.220. The van der Waals surface area contributed by atoms with Crippen LogP contribution < -0.4 is 5.32 Å². The molecule has 0 aliphatic carbocycles. The lowest BCUT2D eigenvalue weighted by atomic mass is 10.1. The number of alkyl halides is 3. The summed E-state index contributed by atoms with van der Waals surface area (Å²) in [6, 6.07) is 6.62. The van der Waals surface area contributed by atoms with Crippen molar-refractivity contribution in [2.45, 2.75) is 25.6 Å². The molecular formula is C16H18F3N3O2. The minimum absolute atomic E-state index is 0.0546. The van der Waals surface area contributed by atoms with Gasteiger partial charge in [-0.15, -0.1) is 0 Å². The third kappa shape index (κ3) is 4.35. The van der Waals surface area contributed by atoms with Crippen LogP contribution in [0.5, 0.6) is 0 Å². The number of rotatable bonds is 6. The zero-order valence-electron chi connectivity index (χ0n) is 13.1. The number of nitrogens with one attached hydrogen (secondary N) is 1. The summed E-state index contributed by atoms with van der Waals surface area (Å²) in [5.74, 6) is -0.267. The average molecular weight is 341 g/mol. The van der Waals surface area contributed by atoms with Crippen molar-refractivity contribution in [3.8, 4) is 0 Å². The van der Waals surface area contributed by atoms with Gasteiger partial charge in [-0.2, -0.15) is 18.3 Å². The number of benzene rings is 1. The zero-order valence-corrected chi connectivity index (χ0v) is 13.1. The number of hydrogen-bond donors (Lipinski definition) is 2. The van der Waals surface area contributed by atoms with E-state index in [-0.39, 0.29) is 37.5 Å². The van der Waals surface area contributed by atoms with Gasteiger partial charge in [0.15, 0.2) is 5.69 Å². The molecule has 0 radical (unpaired) electrons. The molecule has 24 heavy (non-hydrogen) atoms. The number of carbonyl (C=O) groups excluding carboxylic acids is 1. The predicted molar refractivity (Wildman–Crippen MR) is 81.6 cm³/mol. The first-order valence-corrected chi connectivity index (χ1v) is 7.40. The lowest BCUT2D eigenvalue weighted by molar-refractivity contribution is -0.142. The maximum absolute atomic E-state index is 13.1. The van der Waals surface area contributed by atoms with E-state index in [1.807, 2.05) is 0 Å². The fourth-order valence-corrected chi connectivity index (χ4v) is 2.38. The molecule has 1 aromatic heterocycles. The van der Waals surface area contributed by atoms with Gasteiger partial charge in [0.25, 0.3) is 5.91 Å². The molecule has 0 unspecified atom stereocenters. The Balaban J connectivity index is 2.26. The number of carbonyl (C=O) groups is 1. The number of aliphatic hydroxyl groups is 1.